The Morgan fingerprint density at radius 1 is 1.30 bits per heavy atom. The summed E-state index contributed by atoms with van der Waals surface area (Å²) in [6, 6.07) is 11.4. The summed E-state index contributed by atoms with van der Waals surface area (Å²) in [5, 5.41) is 12.1. The molecule has 1 N–H and O–H groups in total. The van der Waals surface area contributed by atoms with Gasteiger partial charge in [-0.05, 0) is 55.0 Å². The molecule has 1 amide bonds. The first-order valence-electron chi connectivity index (χ1n) is 9.35. The monoisotopic (exact) mass is 386 g/mol. The number of piperidine rings is 1. The van der Waals surface area contributed by atoms with Crippen LogP contribution in [0.2, 0.25) is 0 Å². The maximum atomic E-state index is 12.7. The van der Waals surface area contributed by atoms with E-state index in [-0.39, 0.29) is 11.8 Å². The van der Waals surface area contributed by atoms with Crippen LogP contribution in [0.25, 0.3) is 0 Å². The van der Waals surface area contributed by atoms with Crippen molar-refractivity contribution < 1.29 is 14.7 Å². The van der Waals surface area contributed by atoms with Gasteiger partial charge in [0.2, 0.25) is 5.91 Å². The van der Waals surface area contributed by atoms with E-state index in [1.807, 2.05) is 48.8 Å². The quantitative estimate of drug-likeness (QED) is 0.741. The summed E-state index contributed by atoms with van der Waals surface area (Å²) in [5.41, 5.74) is 1.77. The average molecular weight is 387 g/mol. The number of rotatable bonds is 7. The average Bonchev–Trinajstić information content (AvgIpc) is 3.26. The summed E-state index contributed by atoms with van der Waals surface area (Å²) in [6.45, 7) is 2.23. The molecule has 1 atom stereocenters. The number of thiophene rings is 1. The van der Waals surface area contributed by atoms with E-state index >= 15 is 0 Å². The molecule has 0 spiro atoms. The van der Waals surface area contributed by atoms with E-state index in [9.17, 15) is 14.7 Å². The normalized spacial score (nSPS) is 16.1. The highest BCUT2D eigenvalue weighted by atomic mass is 32.1. The number of benzene rings is 1. The van der Waals surface area contributed by atoms with E-state index in [4.69, 9.17) is 0 Å². The third kappa shape index (κ3) is 4.96. The smallest absolute Gasteiger partial charge is 0.225 e. The maximum absolute atomic E-state index is 12.7. The van der Waals surface area contributed by atoms with Crippen LogP contribution >= 0.6 is 11.3 Å². The van der Waals surface area contributed by atoms with Gasteiger partial charge in [0.05, 0.1) is 6.10 Å². The molecule has 0 unspecified atom stereocenters. The van der Waals surface area contributed by atoms with Crippen molar-refractivity contribution in [3.63, 3.8) is 0 Å². The van der Waals surface area contributed by atoms with Crippen LogP contribution in [0.15, 0.2) is 41.8 Å². The SMILES string of the molecule is CN(CC[C@H](O)c1cccs1)C(=O)C1CCN(c2ccc(C=O)cc2)CC1. The van der Waals surface area contributed by atoms with Crippen LogP contribution in [0.3, 0.4) is 0 Å². The van der Waals surface area contributed by atoms with Crippen molar-refractivity contribution in [3.8, 4) is 0 Å². The third-order valence-corrected chi connectivity index (χ3v) is 6.20. The minimum atomic E-state index is -0.503. The second kappa shape index (κ2) is 9.15. The Labute approximate surface area is 164 Å². The number of aldehydes is 1. The summed E-state index contributed by atoms with van der Waals surface area (Å²) in [7, 11) is 1.83. The molecule has 0 aliphatic carbocycles. The molecule has 1 aliphatic rings. The van der Waals surface area contributed by atoms with Crippen LogP contribution in [-0.4, -0.2) is 48.9 Å². The Balaban J connectivity index is 1.46. The first kappa shape index (κ1) is 19.6. The van der Waals surface area contributed by atoms with Gasteiger partial charge in [-0.15, -0.1) is 11.3 Å². The predicted octanol–water partition coefficient (Wildman–Crippen LogP) is 3.36. The number of aliphatic hydroxyl groups is 1. The summed E-state index contributed by atoms with van der Waals surface area (Å²) in [4.78, 5) is 28.5. The van der Waals surface area contributed by atoms with Crippen LogP contribution in [0.5, 0.6) is 0 Å². The van der Waals surface area contributed by atoms with E-state index in [1.54, 1.807) is 16.2 Å². The first-order chi connectivity index (χ1) is 13.1. The molecule has 27 heavy (non-hydrogen) atoms. The second-order valence-electron chi connectivity index (χ2n) is 7.05. The highest BCUT2D eigenvalue weighted by Gasteiger charge is 2.27. The van der Waals surface area contributed by atoms with E-state index in [0.29, 0.717) is 18.5 Å². The van der Waals surface area contributed by atoms with Crippen molar-refractivity contribution in [2.75, 3.05) is 31.6 Å². The van der Waals surface area contributed by atoms with Gasteiger partial charge in [-0.2, -0.15) is 0 Å². The van der Waals surface area contributed by atoms with Gasteiger partial charge < -0.3 is 14.9 Å². The zero-order chi connectivity index (χ0) is 19.2. The van der Waals surface area contributed by atoms with E-state index in [2.05, 4.69) is 4.90 Å². The topological polar surface area (TPSA) is 60.9 Å². The van der Waals surface area contributed by atoms with Crippen LogP contribution in [-0.2, 0) is 4.79 Å². The summed E-state index contributed by atoms with van der Waals surface area (Å²) >= 11 is 1.54. The molecule has 0 bridgehead atoms. The summed E-state index contributed by atoms with van der Waals surface area (Å²) < 4.78 is 0. The number of anilines is 1. The lowest BCUT2D eigenvalue weighted by atomic mass is 9.94. The van der Waals surface area contributed by atoms with Crippen molar-refractivity contribution in [1.82, 2.24) is 4.90 Å². The molecule has 2 heterocycles. The minimum absolute atomic E-state index is 0.0411. The molecule has 6 heteroatoms. The largest absolute Gasteiger partial charge is 0.388 e. The number of hydrogen-bond acceptors (Lipinski definition) is 5. The van der Waals surface area contributed by atoms with Crippen molar-refractivity contribution >= 4 is 29.2 Å². The number of amides is 1. The Kier molecular flexibility index (Phi) is 6.63. The molecule has 144 valence electrons. The Bertz CT molecular complexity index is 737. The summed E-state index contributed by atoms with van der Waals surface area (Å²) in [5.74, 6) is 0.212. The lowest BCUT2D eigenvalue weighted by molar-refractivity contribution is -0.135. The molecule has 1 saturated heterocycles. The minimum Gasteiger partial charge on any atom is -0.388 e. The molecule has 5 nitrogen and oxygen atoms in total. The van der Waals surface area contributed by atoms with Crippen LogP contribution < -0.4 is 4.90 Å². The number of carbonyl (C=O) groups excluding carboxylic acids is 2. The highest BCUT2D eigenvalue weighted by molar-refractivity contribution is 7.10. The van der Waals surface area contributed by atoms with E-state index in [1.165, 1.54) is 0 Å². The van der Waals surface area contributed by atoms with Crippen LogP contribution in [0, 0.1) is 5.92 Å². The Morgan fingerprint density at radius 3 is 2.59 bits per heavy atom. The Hall–Kier alpha value is -2.18. The number of aliphatic hydroxyl groups excluding tert-OH is 1. The molecular weight excluding hydrogens is 360 g/mol. The van der Waals surface area contributed by atoms with Gasteiger partial charge in [0.1, 0.15) is 6.29 Å². The predicted molar refractivity (Wildman–Crippen MR) is 108 cm³/mol. The van der Waals surface area contributed by atoms with Gasteiger partial charge in [-0.1, -0.05) is 6.07 Å². The van der Waals surface area contributed by atoms with Crippen molar-refractivity contribution in [3.05, 3.63) is 52.2 Å². The Morgan fingerprint density at radius 2 is 2.00 bits per heavy atom. The van der Waals surface area contributed by atoms with Crippen molar-refractivity contribution in [2.45, 2.75) is 25.4 Å². The van der Waals surface area contributed by atoms with Crippen LogP contribution in [0.1, 0.15) is 40.6 Å². The molecule has 1 aromatic heterocycles. The third-order valence-electron chi connectivity index (χ3n) is 5.22. The van der Waals surface area contributed by atoms with Crippen LogP contribution in [0.4, 0.5) is 5.69 Å². The zero-order valence-electron chi connectivity index (χ0n) is 15.6. The standard InChI is InChI=1S/C21H26N2O3S/c1-22(11-10-19(25)20-3-2-14-27-20)21(26)17-8-12-23(13-9-17)18-6-4-16(15-24)5-7-18/h2-7,14-15,17,19,25H,8-13H2,1H3/t19-/m0/s1. The van der Waals surface area contributed by atoms with Gasteiger partial charge >= 0.3 is 0 Å². The molecule has 1 fully saturated rings. The highest BCUT2D eigenvalue weighted by Crippen LogP contribution is 2.26. The van der Waals surface area contributed by atoms with E-state index < -0.39 is 6.10 Å². The molecule has 0 radical (unpaired) electrons. The van der Waals surface area contributed by atoms with Gasteiger partial charge in [-0.3, -0.25) is 9.59 Å². The first-order valence-corrected chi connectivity index (χ1v) is 10.2. The van der Waals surface area contributed by atoms with Gasteiger partial charge in [-0.25, -0.2) is 0 Å². The molecule has 1 aromatic carbocycles. The summed E-state index contributed by atoms with van der Waals surface area (Å²) in [6.07, 6.45) is 2.55. The molecule has 1 aliphatic heterocycles. The van der Waals surface area contributed by atoms with Crippen molar-refractivity contribution in [1.29, 1.82) is 0 Å². The second-order valence-corrected chi connectivity index (χ2v) is 8.03. The van der Waals surface area contributed by atoms with Crippen molar-refractivity contribution in [2.24, 2.45) is 5.92 Å². The van der Waals surface area contributed by atoms with Gasteiger partial charge in [0.25, 0.3) is 0 Å². The fourth-order valence-corrected chi connectivity index (χ4v) is 4.26. The number of carbonyl (C=O) groups is 2. The van der Waals surface area contributed by atoms with Gasteiger partial charge in [0.15, 0.2) is 0 Å². The number of nitrogens with zero attached hydrogens (tertiary/aromatic N) is 2. The fraction of sp³-hybridized carbons (Fsp3) is 0.429. The zero-order valence-corrected chi connectivity index (χ0v) is 16.4. The maximum Gasteiger partial charge on any atom is 0.225 e. The molecule has 0 saturated carbocycles. The molecule has 3 rings (SSSR count). The number of hydrogen-bond donors (Lipinski definition) is 1. The lowest BCUT2D eigenvalue weighted by Crippen LogP contribution is -2.41. The lowest BCUT2D eigenvalue weighted by Gasteiger charge is -2.34. The van der Waals surface area contributed by atoms with Gasteiger partial charge in [0, 0.05) is 48.7 Å². The van der Waals surface area contributed by atoms with E-state index in [0.717, 1.165) is 42.8 Å². The molecular formula is C21H26N2O3S. The fourth-order valence-electron chi connectivity index (χ4n) is 3.51. The molecule has 2 aromatic rings.